The summed E-state index contributed by atoms with van der Waals surface area (Å²) in [7, 11) is 0. The van der Waals surface area contributed by atoms with Gasteiger partial charge >= 0.3 is 0 Å². The van der Waals surface area contributed by atoms with Gasteiger partial charge in [-0.25, -0.2) is 9.97 Å². The molecule has 7 aromatic carbocycles. The minimum absolute atomic E-state index is 0.300. The van der Waals surface area contributed by atoms with Crippen LogP contribution in [0.1, 0.15) is 49.1 Å². The predicted molar refractivity (Wildman–Crippen MR) is 237 cm³/mol. The van der Waals surface area contributed by atoms with Gasteiger partial charge in [0.1, 0.15) is 5.69 Å². The molecular formula is C54H39N3. The van der Waals surface area contributed by atoms with Gasteiger partial charge in [0.2, 0.25) is 0 Å². The first-order valence-corrected chi connectivity index (χ1v) is 20.1. The molecule has 2 unspecified atom stereocenters. The largest absolute Gasteiger partial charge is 0.292 e. The number of rotatable bonds is 3. The molecule has 2 aromatic heterocycles. The van der Waals surface area contributed by atoms with Crippen LogP contribution in [0.15, 0.2) is 170 Å². The van der Waals surface area contributed by atoms with Crippen LogP contribution in [-0.4, -0.2) is 14.5 Å². The topological polar surface area (TPSA) is 30.7 Å². The van der Waals surface area contributed by atoms with E-state index < -0.39 is 0 Å². The highest BCUT2D eigenvalue weighted by Crippen LogP contribution is 2.55. The third-order valence-corrected chi connectivity index (χ3v) is 13.1. The van der Waals surface area contributed by atoms with E-state index in [4.69, 9.17) is 9.97 Å². The van der Waals surface area contributed by atoms with Crippen LogP contribution in [0.3, 0.4) is 0 Å². The van der Waals surface area contributed by atoms with Crippen molar-refractivity contribution in [2.24, 2.45) is 5.92 Å². The standard InChI is InChI=1S/C54H39N3/c1-32-14-13-22-39-41-29-31-45-49(47(41)40-20-10-9-19-38(40)46(32)39)48-37-18-8-7-17-35(37)28-30-44(48)57(45)53-50(36-26-24-34(25-27-36)33-15-5-4-6-16-33)55-52-51(56-53)42-21-11-12-23-43(42)54(52,2)3/h4-32,46H,1-3H3. The van der Waals surface area contributed by atoms with Crippen molar-refractivity contribution >= 4 is 38.2 Å². The fourth-order valence-electron chi connectivity index (χ4n) is 10.4. The van der Waals surface area contributed by atoms with Crippen LogP contribution in [0, 0.1) is 5.92 Å². The van der Waals surface area contributed by atoms with Gasteiger partial charge < -0.3 is 0 Å². The first kappa shape index (κ1) is 32.4. The van der Waals surface area contributed by atoms with Gasteiger partial charge in [0.05, 0.1) is 22.4 Å². The van der Waals surface area contributed by atoms with E-state index in [1.807, 2.05) is 0 Å². The number of nitrogens with zero attached hydrogens (tertiary/aromatic N) is 3. The summed E-state index contributed by atoms with van der Waals surface area (Å²) >= 11 is 0. The summed E-state index contributed by atoms with van der Waals surface area (Å²) in [6, 6.07) is 55.5. The molecular weight excluding hydrogens is 691 g/mol. The Kier molecular flexibility index (Phi) is 6.73. The van der Waals surface area contributed by atoms with E-state index in [1.54, 1.807) is 0 Å². The molecule has 0 amide bonds. The average Bonchev–Trinajstić information content (AvgIpc) is 3.72. The second-order valence-corrected chi connectivity index (χ2v) is 16.5. The Balaban J connectivity index is 1.22. The highest BCUT2D eigenvalue weighted by atomic mass is 15.1. The van der Waals surface area contributed by atoms with Crippen LogP contribution in [0.25, 0.3) is 88.7 Å². The van der Waals surface area contributed by atoms with Crippen LogP contribution in [0.2, 0.25) is 0 Å². The maximum Gasteiger partial charge on any atom is 0.165 e. The van der Waals surface area contributed by atoms with Crippen molar-refractivity contribution < 1.29 is 0 Å². The Morgan fingerprint density at radius 2 is 1.25 bits per heavy atom. The van der Waals surface area contributed by atoms with Crippen LogP contribution in [-0.2, 0) is 5.41 Å². The van der Waals surface area contributed by atoms with E-state index in [1.165, 1.54) is 66.1 Å². The van der Waals surface area contributed by atoms with E-state index in [2.05, 4.69) is 195 Å². The van der Waals surface area contributed by atoms with E-state index in [0.29, 0.717) is 11.8 Å². The summed E-state index contributed by atoms with van der Waals surface area (Å²) in [4.78, 5) is 11.5. The lowest BCUT2D eigenvalue weighted by molar-refractivity contribution is 0.635. The first-order valence-electron chi connectivity index (χ1n) is 20.1. The van der Waals surface area contributed by atoms with E-state index in [0.717, 1.165) is 45.1 Å². The molecule has 2 atom stereocenters. The lowest BCUT2D eigenvalue weighted by Crippen LogP contribution is -2.18. The zero-order chi connectivity index (χ0) is 38.0. The highest BCUT2D eigenvalue weighted by molar-refractivity contribution is 6.27. The van der Waals surface area contributed by atoms with Crippen LogP contribution < -0.4 is 0 Å². The Bertz CT molecular complexity index is 3210. The van der Waals surface area contributed by atoms with Crippen molar-refractivity contribution in [3.8, 4) is 50.6 Å². The van der Waals surface area contributed by atoms with E-state index in [9.17, 15) is 0 Å². The first-order chi connectivity index (χ1) is 28.0. The lowest BCUT2D eigenvalue weighted by atomic mass is 9.68. The molecule has 9 aromatic rings. The number of aromatic nitrogens is 3. The number of allylic oxidation sites excluding steroid dienone is 4. The summed E-state index contributed by atoms with van der Waals surface area (Å²) in [5.41, 5.74) is 17.4. The Labute approximate surface area is 332 Å². The maximum atomic E-state index is 5.78. The van der Waals surface area contributed by atoms with Crippen molar-refractivity contribution in [3.63, 3.8) is 0 Å². The van der Waals surface area contributed by atoms with Gasteiger partial charge in [0.15, 0.2) is 5.82 Å². The van der Waals surface area contributed by atoms with E-state index in [-0.39, 0.29) is 5.41 Å². The third kappa shape index (κ3) is 4.48. The van der Waals surface area contributed by atoms with Crippen molar-refractivity contribution in [1.29, 1.82) is 0 Å². The van der Waals surface area contributed by atoms with Crippen molar-refractivity contribution in [2.75, 3.05) is 0 Å². The SMILES string of the molecule is CC1C=CC=C2c3ccc4c(c3-c3ccccc3C21)c1c2ccccc2ccc1n4-c1nc2c(nc1-c1ccc(-c3ccccc3)cc1)C(C)(C)c1ccccc1-2. The Hall–Kier alpha value is -6.84. The van der Waals surface area contributed by atoms with Gasteiger partial charge in [-0.1, -0.05) is 179 Å². The number of hydrogen-bond donors (Lipinski definition) is 0. The second-order valence-electron chi connectivity index (χ2n) is 16.5. The van der Waals surface area contributed by atoms with Gasteiger partial charge in [0, 0.05) is 33.2 Å². The second kappa shape index (κ2) is 11.8. The molecule has 12 rings (SSSR count). The van der Waals surface area contributed by atoms with Crippen LogP contribution in [0.4, 0.5) is 0 Å². The molecule has 57 heavy (non-hydrogen) atoms. The number of benzene rings is 7. The molecule has 3 heteroatoms. The summed E-state index contributed by atoms with van der Waals surface area (Å²) in [5, 5.41) is 4.99. The fourth-order valence-corrected chi connectivity index (χ4v) is 10.4. The average molecular weight is 730 g/mol. The Morgan fingerprint density at radius 3 is 2.11 bits per heavy atom. The minimum Gasteiger partial charge on any atom is -0.292 e. The normalized spacial score (nSPS) is 17.2. The molecule has 3 nitrogen and oxygen atoms in total. The molecule has 0 fully saturated rings. The summed E-state index contributed by atoms with van der Waals surface area (Å²) in [6.07, 6.45) is 6.96. The summed E-state index contributed by atoms with van der Waals surface area (Å²) in [5.74, 6) is 1.57. The van der Waals surface area contributed by atoms with E-state index >= 15 is 0 Å². The van der Waals surface area contributed by atoms with Crippen molar-refractivity contribution in [1.82, 2.24) is 14.5 Å². The monoisotopic (exact) mass is 729 g/mol. The van der Waals surface area contributed by atoms with Gasteiger partial charge in [0.25, 0.3) is 0 Å². The molecule has 2 heterocycles. The molecule has 3 aliphatic carbocycles. The third-order valence-electron chi connectivity index (χ3n) is 13.1. The molecule has 3 aliphatic rings. The number of hydrogen-bond acceptors (Lipinski definition) is 2. The zero-order valence-corrected chi connectivity index (χ0v) is 32.2. The van der Waals surface area contributed by atoms with Gasteiger partial charge in [-0.3, -0.25) is 4.57 Å². The fraction of sp³-hybridized carbons (Fsp3) is 0.111. The van der Waals surface area contributed by atoms with Crippen LogP contribution in [0.5, 0.6) is 0 Å². The van der Waals surface area contributed by atoms with Crippen molar-refractivity contribution in [2.45, 2.75) is 32.1 Å². The van der Waals surface area contributed by atoms with Gasteiger partial charge in [-0.05, 0) is 73.3 Å². The maximum absolute atomic E-state index is 5.78. The molecule has 0 N–H and O–H groups in total. The predicted octanol–water partition coefficient (Wildman–Crippen LogP) is 13.7. The Morgan fingerprint density at radius 1 is 0.561 bits per heavy atom. The highest BCUT2D eigenvalue weighted by Gasteiger charge is 2.40. The minimum atomic E-state index is -0.300. The van der Waals surface area contributed by atoms with Gasteiger partial charge in [-0.15, -0.1) is 0 Å². The lowest BCUT2D eigenvalue weighted by Gasteiger charge is -2.35. The molecule has 0 bridgehead atoms. The molecule has 0 spiro atoms. The van der Waals surface area contributed by atoms with Crippen LogP contribution >= 0.6 is 0 Å². The molecule has 0 saturated carbocycles. The summed E-state index contributed by atoms with van der Waals surface area (Å²) in [6.45, 7) is 6.93. The summed E-state index contributed by atoms with van der Waals surface area (Å²) < 4.78 is 2.42. The van der Waals surface area contributed by atoms with Gasteiger partial charge in [-0.2, -0.15) is 0 Å². The molecule has 0 aliphatic heterocycles. The molecule has 270 valence electrons. The smallest absolute Gasteiger partial charge is 0.165 e. The van der Waals surface area contributed by atoms with Crippen molar-refractivity contribution in [3.05, 3.63) is 192 Å². The molecule has 0 saturated heterocycles. The quantitative estimate of drug-likeness (QED) is 0.181. The zero-order valence-electron chi connectivity index (χ0n) is 32.2. The number of fused-ring (bicyclic) bond motifs is 15. The molecule has 0 radical (unpaired) electrons.